The molecule has 0 atom stereocenters. The lowest BCUT2D eigenvalue weighted by Gasteiger charge is -2.09. The Morgan fingerprint density at radius 3 is 2.70 bits per heavy atom. The molecule has 23 heavy (non-hydrogen) atoms. The third-order valence-corrected chi connectivity index (χ3v) is 3.69. The van der Waals surface area contributed by atoms with Crippen molar-refractivity contribution in [2.24, 2.45) is 0 Å². The van der Waals surface area contributed by atoms with E-state index in [1.165, 1.54) is 28.9 Å². The van der Waals surface area contributed by atoms with E-state index in [1.54, 1.807) is 30.6 Å². The van der Waals surface area contributed by atoms with Crippen LogP contribution in [0.3, 0.4) is 0 Å². The lowest BCUT2D eigenvalue weighted by Crippen LogP contribution is -2.13. The van der Waals surface area contributed by atoms with Gasteiger partial charge in [-0.2, -0.15) is 5.10 Å². The van der Waals surface area contributed by atoms with E-state index in [0.717, 1.165) is 0 Å². The highest BCUT2D eigenvalue weighted by molar-refractivity contribution is 6.36. The standard InChI is InChI=1S/C16H10Cl2FN3O/c17-10-2-4-13(18)12(8-10)16(23)21-11-3-5-15(14(19)9-11)22-7-1-6-20-22/h1-9H,(H,21,23). The molecule has 0 unspecified atom stereocenters. The Morgan fingerprint density at radius 2 is 2.00 bits per heavy atom. The van der Waals surface area contributed by atoms with Gasteiger partial charge in [-0.05, 0) is 42.5 Å². The van der Waals surface area contributed by atoms with E-state index in [9.17, 15) is 9.18 Å². The number of carbonyl (C=O) groups is 1. The Hall–Kier alpha value is -2.37. The van der Waals surface area contributed by atoms with Crippen LogP contribution in [0.25, 0.3) is 5.69 Å². The number of benzene rings is 2. The van der Waals surface area contributed by atoms with Crippen LogP contribution in [0.4, 0.5) is 10.1 Å². The van der Waals surface area contributed by atoms with Gasteiger partial charge in [0.15, 0.2) is 5.82 Å². The number of anilines is 1. The first-order valence-electron chi connectivity index (χ1n) is 6.60. The Balaban J connectivity index is 1.84. The third-order valence-electron chi connectivity index (χ3n) is 3.13. The van der Waals surface area contributed by atoms with E-state index in [2.05, 4.69) is 10.4 Å². The molecule has 1 N–H and O–H groups in total. The first-order chi connectivity index (χ1) is 11.0. The molecular formula is C16H10Cl2FN3O. The Bertz CT molecular complexity index is 866. The van der Waals surface area contributed by atoms with Crippen LogP contribution in [0, 0.1) is 5.82 Å². The van der Waals surface area contributed by atoms with Crippen LogP contribution in [0.2, 0.25) is 10.0 Å². The summed E-state index contributed by atoms with van der Waals surface area (Å²) in [5.74, 6) is -0.979. The van der Waals surface area contributed by atoms with Gasteiger partial charge >= 0.3 is 0 Å². The maximum atomic E-state index is 14.2. The Labute approximate surface area is 141 Å². The van der Waals surface area contributed by atoms with Crippen molar-refractivity contribution in [1.82, 2.24) is 9.78 Å². The molecule has 0 bridgehead atoms. The first kappa shape index (κ1) is 15.5. The summed E-state index contributed by atoms with van der Waals surface area (Å²) < 4.78 is 15.5. The molecule has 0 spiro atoms. The van der Waals surface area contributed by atoms with Crippen molar-refractivity contribution in [2.45, 2.75) is 0 Å². The molecule has 0 radical (unpaired) electrons. The number of carbonyl (C=O) groups excluding carboxylic acids is 1. The summed E-state index contributed by atoms with van der Waals surface area (Å²) >= 11 is 11.8. The van der Waals surface area contributed by atoms with Crippen LogP contribution in [0.1, 0.15) is 10.4 Å². The molecule has 0 aliphatic rings. The van der Waals surface area contributed by atoms with Crippen LogP contribution < -0.4 is 5.32 Å². The fraction of sp³-hybridized carbons (Fsp3) is 0. The monoisotopic (exact) mass is 349 g/mol. The van der Waals surface area contributed by atoms with E-state index in [1.807, 2.05) is 0 Å². The van der Waals surface area contributed by atoms with Crippen molar-refractivity contribution in [3.63, 3.8) is 0 Å². The zero-order chi connectivity index (χ0) is 16.4. The van der Waals surface area contributed by atoms with Crippen LogP contribution in [0.15, 0.2) is 54.9 Å². The van der Waals surface area contributed by atoms with E-state index in [0.29, 0.717) is 10.7 Å². The third kappa shape index (κ3) is 3.36. The second kappa shape index (κ2) is 6.40. The lowest BCUT2D eigenvalue weighted by atomic mass is 10.2. The maximum Gasteiger partial charge on any atom is 0.257 e. The van der Waals surface area contributed by atoms with Crippen molar-refractivity contribution >= 4 is 34.8 Å². The first-order valence-corrected chi connectivity index (χ1v) is 7.36. The zero-order valence-electron chi connectivity index (χ0n) is 11.6. The predicted octanol–water partition coefficient (Wildman–Crippen LogP) is 4.57. The quantitative estimate of drug-likeness (QED) is 0.752. The lowest BCUT2D eigenvalue weighted by molar-refractivity contribution is 0.102. The van der Waals surface area contributed by atoms with Crippen molar-refractivity contribution in [3.8, 4) is 5.69 Å². The van der Waals surface area contributed by atoms with Crippen LogP contribution in [-0.2, 0) is 0 Å². The fourth-order valence-electron chi connectivity index (χ4n) is 2.05. The van der Waals surface area contributed by atoms with Crippen molar-refractivity contribution in [1.29, 1.82) is 0 Å². The van der Waals surface area contributed by atoms with Gasteiger partial charge in [-0.15, -0.1) is 0 Å². The minimum Gasteiger partial charge on any atom is -0.322 e. The number of hydrogen-bond acceptors (Lipinski definition) is 2. The highest BCUT2D eigenvalue weighted by atomic mass is 35.5. The molecule has 7 heteroatoms. The minimum atomic E-state index is -0.510. The average Bonchev–Trinajstić information content (AvgIpc) is 3.04. The highest BCUT2D eigenvalue weighted by Gasteiger charge is 2.13. The summed E-state index contributed by atoms with van der Waals surface area (Å²) in [5, 5.41) is 7.20. The van der Waals surface area contributed by atoms with E-state index in [-0.39, 0.29) is 16.3 Å². The normalized spacial score (nSPS) is 10.6. The second-order valence-corrected chi connectivity index (χ2v) is 5.54. The molecule has 1 amide bonds. The molecule has 4 nitrogen and oxygen atoms in total. The number of nitrogens with zero attached hydrogens (tertiary/aromatic N) is 2. The van der Waals surface area contributed by atoms with Crippen molar-refractivity contribution in [3.05, 3.63) is 76.3 Å². The molecule has 1 aromatic heterocycles. The van der Waals surface area contributed by atoms with Gasteiger partial charge in [0.1, 0.15) is 5.69 Å². The molecule has 3 rings (SSSR count). The second-order valence-electron chi connectivity index (χ2n) is 4.70. The van der Waals surface area contributed by atoms with E-state index >= 15 is 0 Å². The van der Waals surface area contributed by atoms with Gasteiger partial charge in [0, 0.05) is 23.1 Å². The number of rotatable bonds is 3. The summed E-state index contributed by atoms with van der Waals surface area (Å²) in [6.07, 6.45) is 3.18. The number of nitrogens with one attached hydrogen (secondary N) is 1. The van der Waals surface area contributed by atoms with Crippen molar-refractivity contribution < 1.29 is 9.18 Å². The number of halogens is 3. The summed E-state index contributed by atoms with van der Waals surface area (Å²) in [6.45, 7) is 0. The summed E-state index contributed by atoms with van der Waals surface area (Å²) in [5.41, 5.74) is 0.809. The molecule has 0 saturated carbocycles. The summed E-state index contributed by atoms with van der Waals surface area (Å²) in [6, 6.07) is 10.6. The summed E-state index contributed by atoms with van der Waals surface area (Å²) in [7, 11) is 0. The fourth-order valence-corrected chi connectivity index (χ4v) is 2.43. The molecule has 0 aliphatic carbocycles. The predicted molar refractivity (Wildman–Crippen MR) is 87.9 cm³/mol. The van der Waals surface area contributed by atoms with Gasteiger partial charge in [0.25, 0.3) is 5.91 Å². The smallest absolute Gasteiger partial charge is 0.257 e. The van der Waals surface area contributed by atoms with Gasteiger partial charge in [-0.1, -0.05) is 23.2 Å². The molecule has 0 saturated heterocycles. The number of aromatic nitrogens is 2. The summed E-state index contributed by atoms with van der Waals surface area (Å²) in [4.78, 5) is 12.2. The topological polar surface area (TPSA) is 46.9 Å². The van der Waals surface area contributed by atoms with Crippen LogP contribution >= 0.6 is 23.2 Å². The molecule has 0 fully saturated rings. The zero-order valence-corrected chi connectivity index (χ0v) is 13.1. The molecule has 116 valence electrons. The van der Waals surface area contributed by atoms with E-state index < -0.39 is 11.7 Å². The minimum absolute atomic E-state index is 0.218. The van der Waals surface area contributed by atoms with Crippen LogP contribution in [-0.4, -0.2) is 15.7 Å². The van der Waals surface area contributed by atoms with E-state index in [4.69, 9.17) is 23.2 Å². The highest BCUT2D eigenvalue weighted by Crippen LogP contribution is 2.23. The van der Waals surface area contributed by atoms with Crippen molar-refractivity contribution in [2.75, 3.05) is 5.32 Å². The SMILES string of the molecule is O=C(Nc1ccc(-n2cccn2)c(F)c1)c1cc(Cl)ccc1Cl. The average molecular weight is 350 g/mol. The van der Waals surface area contributed by atoms with Gasteiger partial charge in [-0.3, -0.25) is 4.79 Å². The number of amides is 1. The van der Waals surface area contributed by atoms with Gasteiger partial charge in [0.05, 0.1) is 10.6 Å². The molecule has 1 heterocycles. The maximum absolute atomic E-state index is 14.2. The Kier molecular flexibility index (Phi) is 4.32. The van der Waals surface area contributed by atoms with Gasteiger partial charge < -0.3 is 5.32 Å². The molecular weight excluding hydrogens is 340 g/mol. The number of hydrogen-bond donors (Lipinski definition) is 1. The van der Waals surface area contributed by atoms with Crippen LogP contribution in [0.5, 0.6) is 0 Å². The largest absolute Gasteiger partial charge is 0.322 e. The molecule has 3 aromatic rings. The Morgan fingerprint density at radius 1 is 1.17 bits per heavy atom. The molecule has 2 aromatic carbocycles. The molecule has 0 aliphatic heterocycles. The van der Waals surface area contributed by atoms with Gasteiger partial charge in [0.2, 0.25) is 0 Å². The van der Waals surface area contributed by atoms with Gasteiger partial charge in [-0.25, -0.2) is 9.07 Å².